The molecule has 0 fully saturated rings. The summed E-state index contributed by atoms with van der Waals surface area (Å²) in [5.74, 6) is 0.430. The van der Waals surface area contributed by atoms with E-state index in [2.05, 4.69) is 20.7 Å². The van der Waals surface area contributed by atoms with E-state index in [1.54, 1.807) is 13.0 Å². The number of hydrogen-bond donors (Lipinski definition) is 1. The minimum Gasteiger partial charge on any atom is -0.471 e. The number of ether oxygens (including phenoxy) is 1. The van der Waals surface area contributed by atoms with E-state index in [1.807, 2.05) is 0 Å². The summed E-state index contributed by atoms with van der Waals surface area (Å²) in [6.07, 6.45) is 1.43. The van der Waals surface area contributed by atoms with Gasteiger partial charge in [0.15, 0.2) is 1.41 Å². The average molecular weight is 279 g/mol. The minimum atomic E-state index is -0.456. The van der Waals surface area contributed by atoms with Crippen LogP contribution >= 0.6 is 0 Å². The topological polar surface area (TPSA) is 117 Å². The molecule has 0 spiro atoms. The Kier molecular flexibility index (Phi) is 2.55. The number of rotatable bonds is 4. The van der Waals surface area contributed by atoms with Crippen LogP contribution in [-0.4, -0.2) is 35.1 Å². The molecule has 0 aromatic carbocycles. The van der Waals surface area contributed by atoms with Crippen molar-refractivity contribution in [2.75, 3.05) is 0 Å². The van der Waals surface area contributed by atoms with Crippen molar-refractivity contribution in [1.29, 1.82) is 0 Å². The second-order valence-electron chi connectivity index (χ2n) is 4.01. The van der Waals surface area contributed by atoms with Gasteiger partial charge in [0.1, 0.15) is 6.61 Å². The van der Waals surface area contributed by atoms with Crippen molar-refractivity contribution in [2.24, 2.45) is 7.05 Å². The molecule has 3 aromatic heterocycles. The first kappa shape index (κ1) is 11.0. The molecule has 0 aliphatic carbocycles. The Balaban J connectivity index is 1.90. The van der Waals surface area contributed by atoms with Crippen LogP contribution in [0, 0.1) is 6.92 Å². The maximum atomic E-state index is 11.8. The van der Waals surface area contributed by atoms with Gasteiger partial charge < -0.3 is 9.26 Å². The second-order valence-corrected chi connectivity index (χ2v) is 4.01. The van der Waals surface area contributed by atoms with E-state index in [1.165, 1.54) is 13.2 Å². The second kappa shape index (κ2) is 4.64. The molecule has 10 nitrogen and oxygen atoms in total. The summed E-state index contributed by atoms with van der Waals surface area (Å²) < 4.78 is 19.9. The first-order valence-corrected chi connectivity index (χ1v) is 5.68. The Morgan fingerprint density at radius 2 is 2.40 bits per heavy atom. The zero-order valence-corrected chi connectivity index (χ0v) is 10.7. The molecule has 0 radical (unpaired) electrons. The summed E-state index contributed by atoms with van der Waals surface area (Å²) in [5, 5.41) is 15.8. The molecule has 0 saturated carbocycles. The van der Waals surface area contributed by atoms with Crippen LogP contribution < -0.4 is 10.4 Å². The lowest BCUT2D eigenvalue weighted by atomic mass is 10.2. The minimum absolute atomic E-state index is 0.0741. The molecule has 10 heteroatoms. The summed E-state index contributed by atoms with van der Waals surface area (Å²) in [4.78, 5) is 11.8. The van der Waals surface area contributed by atoms with Crippen LogP contribution in [0.1, 0.15) is 11.3 Å². The lowest BCUT2D eigenvalue weighted by molar-refractivity contribution is 0.290. The molecule has 0 aliphatic rings. The third-order valence-electron chi connectivity index (χ3n) is 2.68. The summed E-state index contributed by atoms with van der Waals surface area (Å²) in [6.45, 7) is 1.79. The summed E-state index contributed by atoms with van der Waals surface area (Å²) >= 11 is 0. The van der Waals surface area contributed by atoms with Crippen molar-refractivity contribution in [1.82, 2.24) is 35.1 Å². The van der Waals surface area contributed by atoms with Crippen molar-refractivity contribution in [3.8, 4) is 11.8 Å². The Hall–Kier alpha value is -2.91. The van der Waals surface area contributed by atoms with Crippen LogP contribution in [0.2, 0.25) is 1.41 Å². The van der Waals surface area contributed by atoms with Gasteiger partial charge in [-0.15, -0.1) is 9.78 Å². The molecule has 3 heterocycles. The summed E-state index contributed by atoms with van der Waals surface area (Å²) in [6, 6.07) is 1.55. The molecule has 0 amide bonds. The molecule has 1 N–H and O–H groups in total. The molecule has 3 rings (SSSR count). The number of hydrogen-bond acceptors (Lipinski definition) is 7. The Bertz CT molecular complexity index is 830. The highest BCUT2D eigenvalue weighted by Crippen LogP contribution is 2.18. The monoisotopic (exact) mass is 279 g/mol. The van der Waals surface area contributed by atoms with Crippen LogP contribution in [0.25, 0.3) is 5.88 Å². The van der Waals surface area contributed by atoms with E-state index < -0.39 is 5.69 Å². The van der Waals surface area contributed by atoms with Crippen molar-refractivity contribution in [3.63, 3.8) is 0 Å². The highest BCUT2D eigenvalue weighted by atomic mass is 16.5. The molecule has 0 atom stereocenters. The van der Waals surface area contributed by atoms with Crippen LogP contribution in [-0.2, 0) is 13.7 Å². The van der Waals surface area contributed by atoms with Crippen molar-refractivity contribution in [3.05, 3.63) is 34.0 Å². The van der Waals surface area contributed by atoms with Gasteiger partial charge in [-0.05, 0) is 17.4 Å². The van der Waals surface area contributed by atoms with Gasteiger partial charge in [-0.2, -0.15) is 4.68 Å². The highest BCUT2D eigenvalue weighted by molar-refractivity contribution is 5.32. The van der Waals surface area contributed by atoms with Crippen molar-refractivity contribution >= 4 is 0 Å². The van der Waals surface area contributed by atoms with Gasteiger partial charge in [-0.3, -0.25) is 5.09 Å². The lowest BCUT2D eigenvalue weighted by Gasteiger charge is -2.02. The summed E-state index contributed by atoms with van der Waals surface area (Å²) in [7, 11) is 1.48. The fraction of sp³-hybridized carbons (Fsp3) is 0.300. The van der Waals surface area contributed by atoms with Gasteiger partial charge in [-0.25, -0.2) is 4.79 Å². The molecule has 0 saturated heterocycles. The van der Waals surface area contributed by atoms with E-state index >= 15 is 0 Å². The maximum Gasteiger partial charge on any atom is 0.370 e. The Labute approximate surface area is 113 Å². The maximum absolute atomic E-state index is 11.8. The normalized spacial score (nSPS) is 11.6. The van der Waals surface area contributed by atoms with Crippen molar-refractivity contribution in [2.45, 2.75) is 13.5 Å². The molecule has 3 aromatic rings. The molecular weight excluding hydrogens is 266 g/mol. The zero-order valence-electron chi connectivity index (χ0n) is 11.7. The number of nitrogens with zero attached hydrogens (tertiary/aromatic N) is 6. The fourth-order valence-corrected chi connectivity index (χ4v) is 1.59. The molecular formula is C10H11N7O3. The third-order valence-corrected chi connectivity index (χ3v) is 2.68. The first-order valence-electron chi connectivity index (χ1n) is 6.13. The lowest BCUT2D eigenvalue weighted by Crippen LogP contribution is -2.22. The first-order chi connectivity index (χ1) is 10.1. The van der Waals surface area contributed by atoms with Crippen molar-refractivity contribution < 1.29 is 10.7 Å². The average Bonchev–Trinajstić information content (AvgIpc) is 3.11. The van der Waals surface area contributed by atoms with E-state index in [4.69, 9.17) is 10.7 Å². The van der Waals surface area contributed by atoms with Crippen LogP contribution in [0.15, 0.2) is 21.6 Å². The fourth-order valence-electron chi connectivity index (χ4n) is 1.59. The highest BCUT2D eigenvalue weighted by Gasteiger charge is 2.19. The molecule has 20 heavy (non-hydrogen) atoms. The quantitative estimate of drug-likeness (QED) is 0.688. The van der Waals surface area contributed by atoms with E-state index in [0.29, 0.717) is 11.3 Å². The van der Waals surface area contributed by atoms with Crippen LogP contribution in [0.5, 0.6) is 5.88 Å². The SMILES string of the molecule is [3H]n1ccc(OCc2c(C)noc2-n2nnn(C)c2=O)n1. The Morgan fingerprint density at radius 3 is 3.05 bits per heavy atom. The largest absolute Gasteiger partial charge is 0.471 e. The smallest absolute Gasteiger partial charge is 0.370 e. The standard InChI is InChI=1S/C10H11N7O3/c1-6-7(5-19-8-3-4-11-12-8)9(20-13-6)17-10(18)16(2)14-15-17/h3-4H,5H2,1-2H3,(H,11,12)/i/hT. The predicted molar refractivity (Wildman–Crippen MR) is 64.3 cm³/mol. The van der Waals surface area contributed by atoms with Gasteiger partial charge in [0.05, 0.1) is 11.3 Å². The number of tetrazole rings is 1. The number of nitrogens with one attached hydrogen (secondary N) is 1. The third kappa shape index (κ3) is 1.96. The van der Waals surface area contributed by atoms with E-state index in [0.717, 1.165) is 14.5 Å². The molecule has 0 bridgehead atoms. The van der Waals surface area contributed by atoms with Gasteiger partial charge in [0, 0.05) is 19.3 Å². The summed E-state index contributed by atoms with van der Waals surface area (Å²) in [5.41, 5.74) is 0.660. The zero-order chi connectivity index (χ0) is 15.0. The molecule has 104 valence electrons. The van der Waals surface area contributed by atoms with Crippen LogP contribution in [0.3, 0.4) is 0 Å². The number of aromatic amines is 1. The van der Waals surface area contributed by atoms with Gasteiger partial charge >= 0.3 is 5.69 Å². The van der Waals surface area contributed by atoms with E-state index in [9.17, 15) is 4.79 Å². The van der Waals surface area contributed by atoms with Crippen LogP contribution in [0.4, 0.5) is 0 Å². The number of H-pyrrole nitrogens is 1. The van der Waals surface area contributed by atoms with Gasteiger partial charge in [0.2, 0.25) is 5.88 Å². The van der Waals surface area contributed by atoms with E-state index in [-0.39, 0.29) is 18.4 Å². The van der Waals surface area contributed by atoms with Gasteiger partial charge in [-0.1, -0.05) is 5.16 Å². The molecule has 0 aliphatic heterocycles. The Morgan fingerprint density at radius 1 is 1.55 bits per heavy atom. The predicted octanol–water partition coefficient (Wildman–Crippen LogP) is -0.435. The number of aromatic nitrogens is 7. The molecule has 0 unspecified atom stereocenters. The van der Waals surface area contributed by atoms with Gasteiger partial charge in [0.25, 0.3) is 5.88 Å². The number of aryl methyl sites for hydroxylation is 2.